The fourth-order valence-corrected chi connectivity index (χ4v) is 6.08. The number of nitrogens with zero attached hydrogens (tertiary/aromatic N) is 2. The molecule has 3 heterocycles. The third-order valence-electron chi connectivity index (χ3n) is 7.95. The van der Waals surface area contributed by atoms with Crippen LogP contribution in [-0.4, -0.2) is 44.7 Å². The number of hydrogen-bond donors (Lipinski definition) is 2. The molecule has 2 fully saturated rings. The van der Waals surface area contributed by atoms with Crippen molar-refractivity contribution < 1.29 is 27.8 Å². The lowest BCUT2D eigenvalue weighted by atomic mass is 9.75. The van der Waals surface area contributed by atoms with Gasteiger partial charge >= 0.3 is 5.97 Å². The van der Waals surface area contributed by atoms with Crippen molar-refractivity contribution in [3.8, 4) is 5.69 Å². The van der Waals surface area contributed by atoms with Crippen molar-refractivity contribution in [2.75, 3.05) is 13.2 Å². The number of benzene rings is 2. The molecule has 4 aromatic rings. The molecule has 1 aliphatic heterocycles. The monoisotopic (exact) mass is 497 g/mol. The van der Waals surface area contributed by atoms with Gasteiger partial charge in [0.15, 0.2) is 5.82 Å². The number of hydrogen-bond acceptors (Lipinski definition) is 3. The number of aromatic amines is 1. The smallest absolute Gasteiger partial charge is 0.341 e. The molecule has 0 unspecified atom stereocenters. The second-order valence-corrected chi connectivity index (χ2v) is 9.96. The lowest BCUT2D eigenvalue weighted by Gasteiger charge is -2.33. The largest absolute Gasteiger partial charge is 0.479 e. The van der Waals surface area contributed by atoms with E-state index < -0.39 is 17.5 Å². The molecule has 2 aromatic carbocycles. The molecular weight excluding hydrogens is 471 g/mol. The Hall–Kier alpha value is -3.33. The van der Waals surface area contributed by atoms with Gasteiger partial charge in [0, 0.05) is 41.3 Å². The summed E-state index contributed by atoms with van der Waals surface area (Å²) in [5.41, 5.74) is 1.09. The summed E-state index contributed by atoms with van der Waals surface area (Å²) in [5, 5.41) is 17.2. The maximum atomic E-state index is 16.2. The van der Waals surface area contributed by atoms with Crippen LogP contribution in [0.5, 0.6) is 0 Å². The van der Waals surface area contributed by atoms with Gasteiger partial charge < -0.3 is 14.4 Å². The Balaban J connectivity index is 1.64. The summed E-state index contributed by atoms with van der Waals surface area (Å²) in [4.78, 5) is 11.5. The Morgan fingerprint density at radius 2 is 1.78 bits per heavy atom. The molecule has 0 bridgehead atoms. The average Bonchev–Trinajstić information content (AvgIpc) is 3.49. The van der Waals surface area contributed by atoms with Crippen LogP contribution in [0.3, 0.4) is 0 Å². The molecule has 6 rings (SSSR count). The minimum atomic E-state index is -2.26. The predicted octanol–water partition coefficient (Wildman–Crippen LogP) is 6.13. The lowest BCUT2D eigenvalue weighted by Crippen LogP contribution is -2.37. The molecule has 6 nitrogen and oxygen atoms in total. The molecular formula is C27H26F3N3O3. The molecule has 0 amide bonds. The maximum Gasteiger partial charge on any atom is 0.341 e. The zero-order valence-electron chi connectivity index (χ0n) is 19.6. The van der Waals surface area contributed by atoms with Crippen LogP contribution in [0.4, 0.5) is 13.2 Å². The molecule has 0 spiro atoms. The number of H-pyrrole nitrogens is 1. The Morgan fingerprint density at radius 1 is 1.08 bits per heavy atom. The highest BCUT2D eigenvalue weighted by Gasteiger charge is 2.44. The Bertz CT molecular complexity index is 1450. The molecule has 9 heteroatoms. The number of carbonyl (C=O) groups is 1. The van der Waals surface area contributed by atoms with Crippen LogP contribution in [0, 0.1) is 11.6 Å². The average molecular weight is 498 g/mol. The van der Waals surface area contributed by atoms with Gasteiger partial charge in [-0.3, -0.25) is 5.10 Å². The zero-order valence-corrected chi connectivity index (χ0v) is 19.6. The van der Waals surface area contributed by atoms with Crippen LogP contribution in [0.15, 0.2) is 36.5 Å². The molecule has 188 valence electrons. The van der Waals surface area contributed by atoms with E-state index in [1.54, 1.807) is 18.3 Å². The highest BCUT2D eigenvalue weighted by Crippen LogP contribution is 2.49. The van der Waals surface area contributed by atoms with Crippen LogP contribution in [0.2, 0.25) is 0 Å². The number of aromatic nitrogens is 3. The topological polar surface area (TPSA) is 80.1 Å². The fraction of sp³-hybridized carbons (Fsp3) is 0.407. The van der Waals surface area contributed by atoms with Crippen LogP contribution in [0.1, 0.15) is 61.6 Å². The summed E-state index contributed by atoms with van der Waals surface area (Å²) in [6.45, 7) is 1.14. The minimum Gasteiger partial charge on any atom is -0.479 e. The van der Waals surface area contributed by atoms with Crippen molar-refractivity contribution in [3.63, 3.8) is 0 Å². The quantitative estimate of drug-likeness (QED) is 0.356. The first-order valence-corrected chi connectivity index (χ1v) is 12.3. The summed E-state index contributed by atoms with van der Waals surface area (Å²) in [6.07, 6.45) is 3.37. The first-order valence-electron chi connectivity index (χ1n) is 12.3. The Morgan fingerprint density at radius 3 is 2.44 bits per heavy atom. The van der Waals surface area contributed by atoms with E-state index in [0.29, 0.717) is 53.5 Å². The van der Waals surface area contributed by atoms with E-state index >= 15 is 4.39 Å². The second-order valence-electron chi connectivity index (χ2n) is 9.96. The van der Waals surface area contributed by atoms with Crippen LogP contribution in [0.25, 0.3) is 27.5 Å². The second kappa shape index (κ2) is 8.65. The molecule has 0 radical (unpaired) electrons. The van der Waals surface area contributed by atoms with Crippen molar-refractivity contribution in [3.05, 3.63) is 59.4 Å². The number of rotatable bonds is 4. The van der Waals surface area contributed by atoms with Gasteiger partial charge in [0.2, 0.25) is 5.67 Å². The predicted molar refractivity (Wildman–Crippen MR) is 128 cm³/mol. The molecule has 2 aliphatic rings. The molecule has 36 heavy (non-hydrogen) atoms. The first-order chi connectivity index (χ1) is 17.4. The number of halogens is 3. The van der Waals surface area contributed by atoms with E-state index in [1.807, 2.05) is 10.6 Å². The molecule has 1 saturated heterocycles. The van der Waals surface area contributed by atoms with E-state index in [4.69, 9.17) is 4.74 Å². The van der Waals surface area contributed by atoms with Gasteiger partial charge in [0.25, 0.3) is 0 Å². The van der Waals surface area contributed by atoms with Crippen LogP contribution < -0.4 is 0 Å². The summed E-state index contributed by atoms with van der Waals surface area (Å²) >= 11 is 0. The summed E-state index contributed by atoms with van der Waals surface area (Å²) in [6, 6.07) is 8.00. The van der Waals surface area contributed by atoms with Crippen molar-refractivity contribution in [2.45, 2.75) is 56.0 Å². The van der Waals surface area contributed by atoms with E-state index in [9.17, 15) is 18.7 Å². The number of carboxylic acid groups (broad SMARTS) is 1. The molecule has 0 atom stereocenters. The fourth-order valence-electron chi connectivity index (χ4n) is 6.08. The third-order valence-corrected chi connectivity index (χ3v) is 7.95. The van der Waals surface area contributed by atoms with E-state index in [0.717, 1.165) is 24.1 Å². The SMILES string of the molecule is O=C(O)C1(F)CCC(c2c(C3CCOCC3)n(-c3ccc(F)cc3)c3cc4cn[nH]c4c(F)c23)CC1. The Kier molecular flexibility index (Phi) is 5.55. The van der Waals surface area contributed by atoms with Crippen molar-refractivity contribution >= 4 is 27.8 Å². The van der Waals surface area contributed by atoms with Crippen molar-refractivity contribution in [1.82, 2.24) is 14.8 Å². The third kappa shape index (κ3) is 3.59. The number of ether oxygens (including phenoxy) is 1. The molecule has 2 aromatic heterocycles. The van der Waals surface area contributed by atoms with Crippen molar-refractivity contribution in [1.29, 1.82) is 0 Å². The lowest BCUT2D eigenvalue weighted by molar-refractivity contribution is -0.153. The maximum absolute atomic E-state index is 16.2. The zero-order chi connectivity index (χ0) is 25.0. The number of carboxylic acids is 1. The van der Waals surface area contributed by atoms with Gasteiger partial charge in [-0.2, -0.15) is 5.10 Å². The summed E-state index contributed by atoms with van der Waals surface area (Å²) < 4.78 is 52.6. The number of alkyl halides is 1. The van der Waals surface area contributed by atoms with Gasteiger partial charge in [-0.05, 0) is 80.3 Å². The number of fused-ring (bicyclic) bond motifs is 2. The standard InChI is InChI=1S/C27H26F3N3O3/c28-18-1-3-19(4-2-18)33-20-13-17-14-31-32-24(17)23(29)22(20)21(25(33)16-7-11-36-12-8-16)15-5-9-27(30,10-6-15)26(34)35/h1-4,13-16H,5-12H2,(H,31,32)(H,34,35). The van der Waals surface area contributed by atoms with Gasteiger partial charge in [-0.1, -0.05) is 0 Å². The first kappa shape index (κ1) is 23.1. The van der Waals surface area contributed by atoms with E-state index in [1.165, 1.54) is 12.1 Å². The number of aliphatic carboxylic acids is 1. The molecule has 1 saturated carbocycles. The molecule has 2 N–H and O–H groups in total. The van der Waals surface area contributed by atoms with Gasteiger partial charge in [-0.25, -0.2) is 18.0 Å². The minimum absolute atomic E-state index is 0.0543. The van der Waals surface area contributed by atoms with Gasteiger partial charge in [0.05, 0.1) is 11.7 Å². The number of nitrogens with one attached hydrogen (secondary N) is 1. The summed E-state index contributed by atoms with van der Waals surface area (Å²) in [5.74, 6) is -2.40. The van der Waals surface area contributed by atoms with Gasteiger partial charge in [-0.15, -0.1) is 0 Å². The van der Waals surface area contributed by atoms with Crippen molar-refractivity contribution in [2.24, 2.45) is 0 Å². The van der Waals surface area contributed by atoms with Crippen LogP contribution >= 0.6 is 0 Å². The Labute approximate surface area is 205 Å². The summed E-state index contributed by atoms with van der Waals surface area (Å²) in [7, 11) is 0. The highest BCUT2D eigenvalue weighted by molar-refractivity contribution is 6.00. The van der Waals surface area contributed by atoms with E-state index in [-0.39, 0.29) is 30.5 Å². The van der Waals surface area contributed by atoms with Gasteiger partial charge in [0.1, 0.15) is 11.3 Å². The van der Waals surface area contributed by atoms with Crippen LogP contribution in [-0.2, 0) is 9.53 Å². The highest BCUT2D eigenvalue weighted by atomic mass is 19.1. The van der Waals surface area contributed by atoms with E-state index in [2.05, 4.69) is 10.2 Å². The normalized spacial score (nSPS) is 23.5. The molecule has 1 aliphatic carbocycles.